The molecule has 2 aliphatic rings. The van der Waals surface area contributed by atoms with Gasteiger partial charge in [0.2, 0.25) is 5.91 Å². The van der Waals surface area contributed by atoms with Crippen molar-refractivity contribution in [1.82, 2.24) is 10.2 Å². The molecule has 0 aliphatic carbocycles. The van der Waals surface area contributed by atoms with Crippen LogP contribution < -0.4 is 5.32 Å². The first-order valence-corrected chi connectivity index (χ1v) is 10.6. The van der Waals surface area contributed by atoms with Gasteiger partial charge in [0.1, 0.15) is 0 Å². The van der Waals surface area contributed by atoms with Crippen LogP contribution in [0.2, 0.25) is 0 Å². The van der Waals surface area contributed by atoms with Gasteiger partial charge >= 0.3 is 0 Å². The molecular weight excluding hydrogens is 324 g/mol. The smallest absolute Gasteiger partial charge is 0.234 e. The molecule has 0 radical (unpaired) electrons. The number of carbonyl (C=O) groups is 1. The minimum Gasteiger partial charge on any atom is -0.355 e. The Bertz CT molecular complexity index is 652. The van der Waals surface area contributed by atoms with E-state index in [1.807, 2.05) is 6.07 Å². The molecule has 1 aromatic rings. The molecule has 1 atom stereocenters. The molecule has 2 saturated heterocycles. The lowest BCUT2D eigenvalue weighted by Crippen LogP contribution is -2.42. The molecular formula is C18H26N2O3S. The molecule has 0 aromatic heterocycles. The van der Waals surface area contributed by atoms with E-state index in [2.05, 4.69) is 34.5 Å². The summed E-state index contributed by atoms with van der Waals surface area (Å²) >= 11 is 0. The Morgan fingerprint density at radius 2 is 1.83 bits per heavy atom. The zero-order chi connectivity index (χ0) is 17.0. The Balaban J connectivity index is 1.37. The maximum Gasteiger partial charge on any atom is 0.234 e. The fourth-order valence-corrected chi connectivity index (χ4v) is 5.56. The highest BCUT2D eigenvalue weighted by Crippen LogP contribution is 2.27. The predicted octanol–water partition coefficient (Wildman–Crippen LogP) is 1.42. The van der Waals surface area contributed by atoms with Crippen LogP contribution in [0.25, 0.3) is 0 Å². The first-order chi connectivity index (χ1) is 11.5. The summed E-state index contributed by atoms with van der Waals surface area (Å²) in [5, 5.41) is 2.91. The standard InChI is InChI=1S/C18H26N2O3S/c21-18(19-12-15-8-11-24(22,23)14-15)13-20-9-6-17(7-10-20)16-4-2-1-3-5-16/h1-5,15,17H,6-14H2,(H,19,21). The van der Waals surface area contributed by atoms with Crippen molar-refractivity contribution >= 4 is 15.7 Å². The first-order valence-electron chi connectivity index (χ1n) is 8.76. The van der Waals surface area contributed by atoms with Crippen LogP contribution in [0.5, 0.6) is 0 Å². The summed E-state index contributed by atoms with van der Waals surface area (Å²) in [7, 11) is -2.86. The quantitative estimate of drug-likeness (QED) is 0.872. The van der Waals surface area contributed by atoms with Gasteiger partial charge in [-0.2, -0.15) is 0 Å². The topological polar surface area (TPSA) is 66.5 Å². The second-order valence-electron chi connectivity index (χ2n) is 7.03. The largest absolute Gasteiger partial charge is 0.355 e. The van der Waals surface area contributed by atoms with E-state index in [1.165, 1.54) is 5.56 Å². The number of rotatable bonds is 5. The summed E-state index contributed by atoms with van der Waals surface area (Å²) in [4.78, 5) is 14.3. The number of amides is 1. The van der Waals surface area contributed by atoms with Gasteiger partial charge in [0.05, 0.1) is 18.1 Å². The van der Waals surface area contributed by atoms with Crippen LogP contribution in [0.15, 0.2) is 30.3 Å². The third-order valence-electron chi connectivity index (χ3n) is 5.14. The number of piperidine rings is 1. The van der Waals surface area contributed by atoms with E-state index in [-0.39, 0.29) is 23.3 Å². The number of hydrogen-bond acceptors (Lipinski definition) is 4. The second-order valence-corrected chi connectivity index (χ2v) is 9.26. The van der Waals surface area contributed by atoms with Crippen molar-refractivity contribution in [3.63, 3.8) is 0 Å². The van der Waals surface area contributed by atoms with Crippen LogP contribution >= 0.6 is 0 Å². The molecule has 132 valence electrons. The molecule has 5 nitrogen and oxygen atoms in total. The number of carbonyl (C=O) groups excluding carboxylic acids is 1. The van der Waals surface area contributed by atoms with Crippen molar-refractivity contribution in [3.8, 4) is 0 Å². The van der Waals surface area contributed by atoms with Gasteiger partial charge in [-0.15, -0.1) is 0 Å². The van der Waals surface area contributed by atoms with Crippen molar-refractivity contribution < 1.29 is 13.2 Å². The van der Waals surface area contributed by atoms with Crippen molar-refractivity contribution in [1.29, 1.82) is 0 Å². The van der Waals surface area contributed by atoms with Crippen molar-refractivity contribution in [2.24, 2.45) is 5.92 Å². The highest BCUT2D eigenvalue weighted by Gasteiger charge is 2.28. The fourth-order valence-electron chi connectivity index (χ4n) is 3.70. The highest BCUT2D eigenvalue weighted by atomic mass is 32.2. The van der Waals surface area contributed by atoms with E-state index in [9.17, 15) is 13.2 Å². The zero-order valence-electron chi connectivity index (χ0n) is 14.0. The SMILES string of the molecule is O=C(CN1CCC(c2ccccc2)CC1)NCC1CCS(=O)(=O)C1. The molecule has 2 aliphatic heterocycles. The number of benzene rings is 1. The number of nitrogens with one attached hydrogen (secondary N) is 1. The van der Waals surface area contributed by atoms with Crippen LogP contribution in [0.3, 0.4) is 0 Å². The summed E-state index contributed by atoms with van der Waals surface area (Å²) in [5.74, 6) is 1.17. The Kier molecular flexibility index (Phi) is 5.56. The third-order valence-corrected chi connectivity index (χ3v) is 6.98. The summed E-state index contributed by atoms with van der Waals surface area (Å²) in [6, 6.07) is 10.6. The molecule has 1 aromatic carbocycles. The lowest BCUT2D eigenvalue weighted by atomic mass is 9.89. The zero-order valence-corrected chi connectivity index (χ0v) is 14.8. The molecule has 1 amide bonds. The van der Waals surface area contributed by atoms with Crippen LogP contribution in [0, 0.1) is 5.92 Å². The molecule has 1 N–H and O–H groups in total. The van der Waals surface area contributed by atoms with Gasteiger partial charge in [-0.25, -0.2) is 8.42 Å². The summed E-state index contributed by atoms with van der Waals surface area (Å²) in [5.41, 5.74) is 1.39. The second kappa shape index (κ2) is 7.66. The van der Waals surface area contributed by atoms with E-state index in [1.54, 1.807) is 0 Å². The van der Waals surface area contributed by atoms with Gasteiger partial charge in [-0.05, 0) is 49.8 Å². The van der Waals surface area contributed by atoms with Crippen molar-refractivity contribution in [3.05, 3.63) is 35.9 Å². The van der Waals surface area contributed by atoms with E-state index in [0.29, 0.717) is 25.4 Å². The van der Waals surface area contributed by atoms with E-state index in [4.69, 9.17) is 0 Å². The number of nitrogens with zero attached hydrogens (tertiary/aromatic N) is 1. The Morgan fingerprint density at radius 1 is 1.12 bits per heavy atom. The van der Waals surface area contributed by atoms with Crippen LogP contribution in [0.1, 0.15) is 30.7 Å². The first kappa shape index (κ1) is 17.4. The summed E-state index contributed by atoms with van der Waals surface area (Å²) < 4.78 is 22.9. The van der Waals surface area contributed by atoms with Gasteiger partial charge in [0.25, 0.3) is 0 Å². The molecule has 24 heavy (non-hydrogen) atoms. The lowest BCUT2D eigenvalue weighted by molar-refractivity contribution is -0.122. The van der Waals surface area contributed by atoms with Gasteiger partial charge in [-0.3, -0.25) is 9.69 Å². The maximum absolute atomic E-state index is 12.1. The maximum atomic E-state index is 12.1. The summed E-state index contributed by atoms with van der Waals surface area (Å²) in [6.07, 6.45) is 2.83. The molecule has 1 unspecified atom stereocenters. The monoisotopic (exact) mass is 350 g/mol. The summed E-state index contributed by atoms with van der Waals surface area (Å²) in [6.45, 7) is 2.77. The molecule has 0 saturated carbocycles. The number of hydrogen-bond donors (Lipinski definition) is 1. The number of sulfone groups is 1. The molecule has 6 heteroatoms. The molecule has 0 bridgehead atoms. The van der Waals surface area contributed by atoms with Gasteiger partial charge in [0, 0.05) is 6.54 Å². The normalized spacial score (nSPS) is 24.8. The number of likely N-dealkylation sites (tertiary alicyclic amines) is 1. The van der Waals surface area contributed by atoms with Crippen LogP contribution in [-0.2, 0) is 14.6 Å². The Morgan fingerprint density at radius 3 is 2.46 bits per heavy atom. The fraction of sp³-hybridized carbons (Fsp3) is 0.611. The van der Waals surface area contributed by atoms with Gasteiger partial charge in [0.15, 0.2) is 9.84 Å². The molecule has 2 fully saturated rings. The average molecular weight is 350 g/mol. The van der Waals surface area contributed by atoms with Gasteiger partial charge < -0.3 is 5.32 Å². The highest BCUT2D eigenvalue weighted by molar-refractivity contribution is 7.91. The van der Waals surface area contributed by atoms with E-state index in [0.717, 1.165) is 25.9 Å². The van der Waals surface area contributed by atoms with Crippen molar-refractivity contribution in [2.45, 2.75) is 25.2 Å². The van der Waals surface area contributed by atoms with Crippen LogP contribution in [-0.4, -0.2) is 56.9 Å². The molecule has 2 heterocycles. The Hall–Kier alpha value is -1.40. The van der Waals surface area contributed by atoms with E-state index >= 15 is 0 Å². The average Bonchev–Trinajstić information content (AvgIpc) is 2.94. The minimum atomic E-state index is -2.86. The van der Waals surface area contributed by atoms with E-state index < -0.39 is 9.84 Å². The van der Waals surface area contributed by atoms with Crippen LogP contribution in [0.4, 0.5) is 0 Å². The predicted molar refractivity (Wildman–Crippen MR) is 94.6 cm³/mol. The molecule has 0 spiro atoms. The van der Waals surface area contributed by atoms with Crippen molar-refractivity contribution in [2.75, 3.05) is 37.7 Å². The van der Waals surface area contributed by atoms with Gasteiger partial charge in [-0.1, -0.05) is 30.3 Å². The minimum absolute atomic E-state index is 0.0115. The molecule has 3 rings (SSSR count). The lowest BCUT2D eigenvalue weighted by Gasteiger charge is -2.31. The Labute approximate surface area is 144 Å². The third kappa shape index (κ3) is 4.80.